The number of halogens is 1. The monoisotopic (exact) mass is 333 g/mol. The second-order valence-electron chi connectivity index (χ2n) is 5.42. The largest absolute Gasteiger partial charge is 0.378 e. The number of amides is 4. The number of rotatable bonds is 3. The lowest BCUT2D eigenvalue weighted by molar-refractivity contribution is -0.139. The van der Waals surface area contributed by atoms with Crippen LogP contribution in [0.3, 0.4) is 0 Å². The molecule has 2 fully saturated rings. The fourth-order valence-electron chi connectivity index (χ4n) is 2.49. The first-order valence-corrected chi connectivity index (χ1v) is 7.50. The van der Waals surface area contributed by atoms with Crippen LogP contribution in [-0.4, -0.2) is 60.5 Å². The summed E-state index contributed by atoms with van der Waals surface area (Å²) in [6.07, 6.45) is 1.44. The number of ether oxygens (including phenoxy) is 1. The van der Waals surface area contributed by atoms with Gasteiger partial charge in [0, 0.05) is 13.1 Å². The van der Waals surface area contributed by atoms with E-state index in [1.54, 1.807) is 4.90 Å². The molecule has 2 aliphatic rings. The quantitative estimate of drug-likeness (QED) is 0.648. The van der Waals surface area contributed by atoms with Crippen molar-refractivity contribution in [3.05, 3.63) is 41.3 Å². The number of imide groups is 1. The maximum atomic E-state index is 12.9. The highest BCUT2D eigenvalue weighted by molar-refractivity contribution is 6.15. The van der Waals surface area contributed by atoms with Gasteiger partial charge in [-0.1, -0.05) is 12.1 Å². The molecule has 0 saturated carbocycles. The fourth-order valence-corrected chi connectivity index (χ4v) is 2.49. The van der Waals surface area contributed by atoms with Crippen molar-refractivity contribution in [1.82, 2.24) is 15.1 Å². The van der Waals surface area contributed by atoms with E-state index in [-0.39, 0.29) is 18.1 Å². The van der Waals surface area contributed by atoms with E-state index < -0.39 is 17.8 Å². The van der Waals surface area contributed by atoms with Gasteiger partial charge in [-0.25, -0.2) is 14.1 Å². The number of hydrogen-bond acceptors (Lipinski definition) is 4. The van der Waals surface area contributed by atoms with Crippen LogP contribution in [0.25, 0.3) is 6.08 Å². The standard InChI is InChI=1S/C16H16FN3O4/c17-12-3-1-11(2-4-12)9-13-15(22)20(16(23)18-13)10-14(21)19-5-7-24-8-6-19/h1-4,9H,5-8,10H2,(H,18,23)/b13-9-. The number of carbonyl (C=O) groups excluding carboxylic acids is 3. The molecule has 1 N–H and O–H groups in total. The SMILES string of the molecule is O=C(CN1C(=O)N/C(=C\c2ccc(F)cc2)C1=O)N1CCOCC1. The second-order valence-corrected chi connectivity index (χ2v) is 5.42. The van der Waals surface area contributed by atoms with E-state index in [1.165, 1.54) is 30.3 Å². The van der Waals surface area contributed by atoms with E-state index in [2.05, 4.69) is 5.32 Å². The van der Waals surface area contributed by atoms with E-state index in [4.69, 9.17) is 4.74 Å². The smallest absolute Gasteiger partial charge is 0.329 e. The molecule has 3 rings (SSSR count). The Morgan fingerprint density at radius 3 is 2.54 bits per heavy atom. The predicted octanol–water partition coefficient (Wildman–Crippen LogP) is 0.577. The molecule has 4 amide bonds. The topological polar surface area (TPSA) is 79.0 Å². The zero-order valence-corrected chi connectivity index (χ0v) is 12.8. The number of carbonyl (C=O) groups is 3. The van der Waals surface area contributed by atoms with Crippen LogP contribution in [0.15, 0.2) is 30.0 Å². The number of hydrogen-bond donors (Lipinski definition) is 1. The zero-order chi connectivity index (χ0) is 17.1. The first-order chi connectivity index (χ1) is 11.5. The summed E-state index contributed by atoms with van der Waals surface area (Å²) in [5.74, 6) is -1.27. The summed E-state index contributed by atoms with van der Waals surface area (Å²) >= 11 is 0. The molecule has 8 heteroatoms. The van der Waals surface area contributed by atoms with Gasteiger partial charge in [0.25, 0.3) is 5.91 Å². The maximum absolute atomic E-state index is 12.9. The summed E-state index contributed by atoms with van der Waals surface area (Å²) in [5, 5.41) is 2.43. The highest BCUT2D eigenvalue weighted by Crippen LogP contribution is 2.15. The van der Waals surface area contributed by atoms with Gasteiger partial charge in [-0.05, 0) is 23.8 Å². The van der Waals surface area contributed by atoms with Gasteiger partial charge in [0.15, 0.2) is 0 Å². The minimum Gasteiger partial charge on any atom is -0.378 e. The molecule has 0 bridgehead atoms. The summed E-state index contributed by atoms with van der Waals surface area (Å²) < 4.78 is 18.1. The number of benzene rings is 1. The molecule has 1 aromatic rings. The van der Waals surface area contributed by atoms with Gasteiger partial charge in [-0.3, -0.25) is 9.59 Å². The molecular weight excluding hydrogens is 317 g/mol. The molecule has 7 nitrogen and oxygen atoms in total. The van der Waals surface area contributed by atoms with Crippen LogP contribution in [0.1, 0.15) is 5.56 Å². The van der Waals surface area contributed by atoms with E-state index in [0.717, 1.165) is 4.90 Å². The first-order valence-electron chi connectivity index (χ1n) is 7.50. The molecular formula is C16H16FN3O4. The van der Waals surface area contributed by atoms with Crippen molar-refractivity contribution >= 4 is 23.9 Å². The Bertz CT molecular complexity index is 696. The Morgan fingerprint density at radius 2 is 1.88 bits per heavy atom. The lowest BCUT2D eigenvalue weighted by atomic mass is 10.2. The van der Waals surface area contributed by atoms with Gasteiger partial charge in [0.2, 0.25) is 5.91 Å². The Hall–Kier alpha value is -2.74. The van der Waals surface area contributed by atoms with E-state index in [0.29, 0.717) is 31.9 Å². The fraction of sp³-hybridized carbons (Fsp3) is 0.312. The Balaban J connectivity index is 1.69. The third-order valence-electron chi connectivity index (χ3n) is 3.80. The van der Waals surface area contributed by atoms with Crippen molar-refractivity contribution < 1.29 is 23.5 Å². The summed E-state index contributed by atoms with van der Waals surface area (Å²) in [6, 6.07) is 4.85. The first kappa shape index (κ1) is 16.1. The summed E-state index contributed by atoms with van der Waals surface area (Å²) in [6.45, 7) is 1.47. The van der Waals surface area contributed by atoms with Gasteiger partial charge in [0.1, 0.15) is 18.1 Å². The summed E-state index contributed by atoms with van der Waals surface area (Å²) in [7, 11) is 0. The molecule has 2 aliphatic heterocycles. The molecule has 0 unspecified atom stereocenters. The second kappa shape index (κ2) is 6.79. The van der Waals surface area contributed by atoms with Crippen molar-refractivity contribution in [3.63, 3.8) is 0 Å². The lowest BCUT2D eigenvalue weighted by Crippen LogP contribution is -2.47. The molecule has 126 valence electrons. The van der Waals surface area contributed by atoms with Crippen molar-refractivity contribution in [2.45, 2.75) is 0 Å². The molecule has 1 aromatic carbocycles. The highest BCUT2D eigenvalue weighted by atomic mass is 19.1. The van der Waals surface area contributed by atoms with Gasteiger partial charge >= 0.3 is 6.03 Å². The van der Waals surface area contributed by atoms with Gasteiger partial charge in [-0.2, -0.15) is 0 Å². The van der Waals surface area contributed by atoms with Crippen molar-refractivity contribution in [2.75, 3.05) is 32.8 Å². The third-order valence-corrected chi connectivity index (χ3v) is 3.80. The Labute approximate surface area is 137 Å². The third kappa shape index (κ3) is 3.43. The molecule has 0 aliphatic carbocycles. The van der Waals surface area contributed by atoms with E-state index in [9.17, 15) is 18.8 Å². The molecule has 2 heterocycles. The lowest BCUT2D eigenvalue weighted by Gasteiger charge is -2.27. The van der Waals surface area contributed by atoms with Crippen molar-refractivity contribution in [3.8, 4) is 0 Å². The molecule has 24 heavy (non-hydrogen) atoms. The van der Waals surface area contributed by atoms with Gasteiger partial charge in [0.05, 0.1) is 13.2 Å². The van der Waals surface area contributed by atoms with Crippen molar-refractivity contribution in [2.24, 2.45) is 0 Å². The predicted molar refractivity (Wildman–Crippen MR) is 82.0 cm³/mol. The average molecular weight is 333 g/mol. The van der Waals surface area contributed by atoms with Crippen LogP contribution in [0, 0.1) is 5.82 Å². The molecule has 0 spiro atoms. The van der Waals surface area contributed by atoms with Crippen LogP contribution in [0.4, 0.5) is 9.18 Å². The minimum atomic E-state index is -0.644. The highest BCUT2D eigenvalue weighted by Gasteiger charge is 2.36. The summed E-state index contributed by atoms with van der Waals surface area (Å²) in [4.78, 5) is 38.9. The van der Waals surface area contributed by atoms with Crippen LogP contribution in [-0.2, 0) is 14.3 Å². The molecule has 0 radical (unpaired) electrons. The molecule has 0 atom stereocenters. The van der Waals surface area contributed by atoms with Gasteiger partial charge < -0.3 is 15.0 Å². The van der Waals surface area contributed by atoms with Crippen LogP contribution < -0.4 is 5.32 Å². The van der Waals surface area contributed by atoms with Crippen LogP contribution in [0.5, 0.6) is 0 Å². The number of urea groups is 1. The van der Waals surface area contributed by atoms with E-state index >= 15 is 0 Å². The zero-order valence-electron chi connectivity index (χ0n) is 12.8. The van der Waals surface area contributed by atoms with Crippen LogP contribution in [0.2, 0.25) is 0 Å². The Kier molecular flexibility index (Phi) is 4.57. The number of morpholine rings is 1. The number of nitrogens with one attached hydrogen (secondary N) is 1. The van der Waals surface area contributed by atoms with Crippen molar-refractivity contribution in [1.29, 1.82) is 0 Å². The Morgan fingerprint density at radius 1 is 1.21 bits per heavy atom. The van der Waals surface area contributed by atoms with Crippen LogP contribution >= 0.6 is 0 Å². The average Bonchev–Trinajstić information content (AvgIpc) is 2.85. The molecule has 0 aromatic heterocycles. The van der Waals surface area contributed by atoms with Gasteiger partial charge in [-0.15, -0.1) is 0 Å². The normalized spacial score (nSPS) is 19.8. The maximum Gasteiger partial charge on any atom is 0.329 e. The summed E-state index contributed by atoms with van der Waals surface area (Å²) in [5.41, 5.74) is 0.628. The molecule has 2 saturated heterocycles. The number of nitrogens with zero attached hydrogens (tertiary/aromatic N) is 2. The van der Waals surface area contributed by atoms with E-state index in [1.807, 2.05) is 0 Å². The minimum absolute atomic E-state index is 0.0568.